The summed E-state index contributed by atoms with van der Waals surface area (Å²) in [6.45, 7) is 13.3. The van der Waals surface area contributed by atoms with Crippen molar-refractivity contribution in [3.8, 4) is 0 Å². The molecule has 1 N–H and O–H groups in total. The molecule has 0 unspecified atom stereocenters. The molecule has 0 fully saturated rings. The average Bonchev–Trinajstić information content (AvgIpc) is 2.84. The SMILES string of the molecule is CC/C(=C\CC(=O)OC)[C@@H](C)[C@@H](O)[C@@H](C)CO[Si](c1ccccc1)(c1ccccc1)C(C)(C)C. The number of hydrogen-bond donors (Lipinski definition) is 1. The molecule has 186 valence electrons. The first-order valence-corrected chi connectivity index (χ1v) is 14.2. The Hall–Kier alpha value is -2.21. The predicted octanol–water partition coefficient (Wildman–Crippen LogP) is 5.10. The molecule has 2 rings (SSSR count). The van der Waals surface area contributed by atoms with E-state index in [0.717, 1.165) is 12.0 Å². The van der Waals surface area contributed by atoms with E-state index in [1.807, 2.05) is 32.1 Å². The highest BCUT2D eigenvalue weighted by Crippen LogP contribution is 2.37. The lowest BCUT2D eigenvalue weighted by molar-refractivity contribution is -0.139. The van der Waals surface area contributed by atoms with Gasteiger partial charge >= 0.3 is 5.97 Å². The van der Waals surface area contributed by atoms with Crippen molar-refractivity contribution in [2.75, 3.05) is 13.7 Å². The summed E-state index contributed by atoms with van der Waals surface area (Å²) in [7, 11) is -1.26. The largest absolute Gasteiger partial charge is 0.469 e. The molecule has 0 aliphatic rings. The van der Waals surface area contributed by atoms with Gasteiger partial charge in [0.25, 0.3) is 8.32 Å². The predicted molar refractivity (Wildman–Crippen MR) is 143 cm³/mol. The molecule has 34 heavy (non-hydrogen) atoms. The molecule has 0 radical (unpaired) electrons. The summed E-state index contributed by atoms with van der Waals surface area (Å²) in [5, 5.41) is 13.6. The van der Waals surface area contributed by atoms with Crippen molar-refractivity contribution in [1.29, 1.82) is 0 Å². The number of ether oxygens (including phenoxy) is 1. The molecule has 0 aliphatic carbocycles. The number of rotatable bonds is 11. The van der Waals surface area contributed by atoms with Crippen LogP contribution in [0.4, 0.5) is 0 Å². The van der Waals surface area contributed by atoms with Crippen LogP contribution in [0.25, 0.3) is 0 Å². The van der Waals surface area contributed by atoms with Gasteiger partial charge in [-0.25, -0.2) is 0 Å². The number of benzene rings is 2. The van der Waals surface area contributed by atoms with E-state index in [-0.39, 0.29) is 29.3 Å². The fourth-order valence-corrected chi connectivity index (χ4v) is 9.45. The Kier molecular flexibility index (Phi) is 10.3. The molecule has 0 bridgehead atoms. The Labute approximate surface area is 207 Å². The Balaban J connectivity index is 2.34. The van der Waals surface area contributed by atoms with Gasteiger partial charge in [0.2, 0.25) is 0 Å². The van der Waals surface area contributed by atoms with E-state index in [2.05, 4.69) is 76.2 Å². The van der Waals surface area contributed by atoms with Crippen LogP contribution in [0, 0.1) is 11.8 Å². The molecular weight excluding hydrogens is 440 g/mol. The van der Waals surface area contributed by atoms with Crippen LogP contribution in [0.5, 0.6) is 0 Å². The fraction of sp³-hybridized carbons (Fsp3) is 0.483. The maximum atomic E-state index is 11.6. The minimum absolute atomic E-state index is 0.0765. The number of carbonyl (C=O) groups is 1. The molecule has 0 amide bonds. The third-order valence-electron chi connectivity index (χ3n) is 6.83. The lowest BCUT2D eigenvalue weighted by atomic mass is 9.86. The van der Waals surface area contributed by atoms with Crippen molar-refractivity contribution in [3.05, 3.63) is 72.3 Å². The smallest absolute Gasteiger partial charge is 0.309 e. The lowest BCUT2D eigenvalue weighted by Gasteiger charge is -2.44. The van der Waals surface area contributed by atoms with Crippen LogP contribution in [0.1, 0.15) is 54.4 Å². The highest BCUT2D eigenvalue weighted by molar-refractivity contribution is 6.99. The zero-order chi connectivity index (χ0) is 25.4. The molecule has 0 heterocycles. The highest BCUT2D eigenvalue weighted by atomic mass is 28.4. The quantitative estimate of drug-likeness (QED) is 0.275. The van der Waals surface area contributed by atoms with E-state index in [4.69, 9.17) is 9.16 Å². The Morgan fingerprint density at radius 1 is 1.00 bits per heavy atom. The monoisotopic (exact) mass is 482 g/mol. The van der Waals surface area contributed by atoms with Crippen LogP contribution >= 0.6 is 0 Å². The van der Waals surface area contributed by atoms with Gasteiger partial charge in [0.15, 0.2) is 0 Å². The fourth-order valence-electron chi connectivity index (χ4n) is 4.78. The molecule has 0 saturated carbocycles. The third kappa shape index (κ3) is 6.47. The second-order valence-electron chi connectivity index (χ2n) is 10.1. The van der Waals surface area contributed by atoms with Crippen molar-refractivity contribution in [3.63, 3.8) is 0 Å². The number of carbonyl (C=O) groups excluding carboxylic acids is 1. The van der Waals surface area contributed by atoms with Gasteiger partial charge in [-0.15, -0.1) is 0 Å². The number of hydrogen-bond acceptors (Lipinski definition) is 4. The molecule has 0 saturated heterocycles. The van der Waals surface area contributed by atoms with Crippen LogP contribution in [0.2, 0.25) is 5.04 Å². The van der Waals surface area contributed by atoms with Gasteiger partial charge in [-0.3, -0.25) is 4.79 Å². The summed E-state index contributed by atoms with van der Waals surface area (Å²) in [6.07, 6.45) is 2.32. The molecule has 0 spiro atoms. The van der Waals surface area contributed by atoms with E-state index in [0.29, 0.717) is 6.61 Å². The van der Waals surface area contributed by atoms with Crippen molar-refractivity contribution >= 4 is 24.7 Å². The van der Waals surface area contributed by atoms with Gasteiger partial charge in [-0.05, 0) is 21.8 Å². The second-order valence-corrected chi connectivity index (χ2v) is 14.4. The molecule has 4 nitrogen and oxygen atoms in total. The number of aliphatic hydroxyl groups excluding tert-OH is 1. The maximum absolute atomic E-state index is 11.6. The average molecular weight is 483 g/mol. The van der Waals surface area contributed by atoms with Crippen molar-refractivity contribution < 1.29 is 19.1 Å². The number of methoxy groups -OCH3 is 1. The Morgan fingerprint density at radius 2 is 1.50 bits per heavy atom. The summed E-state index contributed by atoms with van der Waals surface area (Å²) >= 11 is 0. The summed E-state index contributed by atoms with van der Waals surface area (Å²) < 4.78 is 11.8. The van der Waals surface area contributed by atoms with E-state index in [9.17, 15) is 9.90 Å². The zero-order valence-electron chi connectivity index (χ0n) is 21.9. The van der Waals surface area contributed by atoms with Gasteiger partial charge < -0.3 is 14.3 Å². The topological polar surface area (TPSA) is 55.8 Å². The second kappa shape index (κ2) is 12.5. The lowest BCUT2D eigenvalue weighted by Crippen LogP contribution is -2.67. The van der Waals surface area contributed by atoms with Crippen molar-refractivity contribution in [2.24, 2.45) is 11.8 Å². The van der Waals surface area contributed by atoms with Crippen LogP contribution < -0.4 is 10.4 Å². The normalized spacial score (nSPS) is 15.5. The van der Waals surface area contributed by atoms with E-state index >= 15 is 0 Å². The van der Waals surface area contributed by atoms with Crippen LogP contribution in [0.15, 0.2) is 72.3 Å². The standard InChI is InChI=1S/C29H42O4Si/c1-8-24(19-20-27(30)32-7)23(3)28(31)22(2)21-33-34(29(4,5)6,25-15-11-9-12-16-25)26-17-13-10-14-18-26/h9-19,22-23,28,31H,8,20-21H2,1-7H3/b24-19+/t22-,23+,28-/m0/s1. The molecule has 2 aromatic carbocycles. The third-order valence-corrected chi connectivity index (χ3v) is 11.8. The first kappa shape index (κ1) is 28.0. The maximum Gasteiger partial charge on any atom is 0.309 e. The van der Waals surface area contributed by atoms with E-state index in [1.165, 1.54) is 17.5 Å². The molecular formula is C29H42O4Si. The van der Waals surface area contributed by atoms with Crippen molar-refractivity contribution in [1.82, 2.24) is 0 Å². The summed E-state index contributed by atoms with van der Waals surface area (Å²) in [4.78, 5) is 11.6. The van der Waals surface area contributed by atoms with Gasteiger partial charge in [0, 0.05) is 18.4 Å². The van der Waals surface area contributed by atoms with Gasteiger partial charge in [0.1, 0.15) is 0 Å². The van der Waals surface area contributed by atoms with Crippen LogP contribution in [-0.2, 0) is 14.0 Å². The number of esters is 1. The summed E-state index contributed by atoms with van der Waals surface area (Å²) in [6, 6.07) is 21.1. The van der Waals surface area contributed by atoms with Gasteiger partial charge in [-0.2, -0.15) is 0 Å². The van der Waals surface area contributed by atoms with Crippen LogP contribution in [-0.4, -0.2) is 39.2 Å². The Morgan fingerprint density at radius 3 is 1.91 bits per heavy atom. The molecule has 3 atom stereocenters. The first-order valence-electron chi connectivity index (χ1n) is 12.3. The number of aliphatic hydroxyl groups is 1. The summed E-state index contributed by atoms with van der Waals surface area (Å²) in [5.41, 5.74) is 1.06. The molecule has 2 aromatic rings. The van der Waals surface area contributed by atoms with E-state index < -0.39 is 14.4 Å². The summed E-state index contributed by atoms with van der Waals surface area (Å²) in [5.74, 6) is -0.423. The van der Waals surface area contributed by atoms with Gasteiger partial charge in [-0.1, -0.05) is 114 Å². The molecule has 0 aromatic heterocycles. The Bertz CT molecular complexity index is 879. The molecule has 5 heteroatoms. The van der Waals surface area contributed by atoms with Crippen molar-refractivity contribution in [2.45, 2.75) is 65.5 Å². The first-order chi connectivity index (χ1) is 16.1. The van der Waals surface area contributed by atoms with Gasteiger partial charge in [0.05, 0.1) is 19.6 Å². The highest BCUT2D eigenvalue weighted by Gasteiger charge is 2.50. The van der Waals surface area contributed by atoms with E-state index in [1.54, 1.807) is 0 Å². The minimum Gasteiger partial charge on any atom is -0.469 e. The molecule has 0 aliphatic heterocycles. The minimum atomic E-state index is -2.65. The van der Waals surface area contributed by atoms with Crippen LogP contribution in [0.3, 0.4) is 0 Å². The zero-order valence-corrected chi connectivity index (χ0v) is 22.9.